The van der Waals surface area contributed by atoms with Crippen LogP contribution in [0, 0.1) is 0 Å². The molecule has 0 aliphatic carbocycles. The van der Waals surface area contributed by atoms with Crippen molar-refractivity contribution in [2.75, 3.05) is 27.2 Å². The number of aliphatic hydroxyl groups excluding tert-OH is 1. The lowest BCUT2D eigenvalue weighted by molar-refractivity contribution is 0.282. The van der Waals surface area contributed by atoms with E-state index >= 15 is 0 Å². The van der Waals surface area contributed by atoms with Crippen LogP contribution >= 0.6 is 0 Å². The summed E-state index contributed by atoms with van der Waals surface area (Å²) in [5.74, 6) is -0.0271. The van der Waals surface area contributed by atoms with Crippen LogP contribution in [0.2, 0.25) is 0 Å². The summed E-state index contributed by atoms with van der Waals surface area (Å²) in [5.41, 5.74) is 1.50. The number of nitrogens with one attached hydrogen (secondary N) is 1. The van der Waals surface area contributed by atoms with E-state index in [1.165, 1.54) is 0 Å². The topological polar surface area (TPSA) is 69.6 Å². The summed E-state index contributed by atoms with van der Waals surface area (Å²) in [6.45, 7) is 1.28. The second kappa shape index (κ2) is 7.59. The van der Waals surface area contributed by atoms with Gasteiger partial charge in [-0.3, -0.25) is 0 Å². The number of nitrogens with zero attached hydrogens (tertiary/aromatic N) is 1. The second-order valence-corrected chi connectivity index (χ2v) is 6.59. The third-order valence-electron chi connectivity index (χ3n) is 2.67. The fourth-order valence-electron chi connectivity index (χ4n) is 1.63. The second-order valence-electron chi connectivity index (χ2n) is 4.78. The van der Waals surface area contributed by atoms with Crippen LogP contribution < -0.4 is 4.72 Å². The Kier molecular flexibility index (Phi) is 6.44. The van der Waals surface area contributed by atoms with Gasteiger partial charge in [-0.25, -0.2) is 13.1 Å². The van der Waals surface area contributed by atoms with Gasteiger partial charge < -0.3 is 10.0 Å². The van der Waals surface area contributed by atoms with E-state index in [4.69, 9.17) is 5.11 Å². The summed E-state index contributed by atoms with van der Waals surface area (Å²) in [6, 6.07) is 6.92. The van der Waals surface area contributed by atoms with Gasteiger partial charge in [0.25, 0.3) is 0 Å². The molecule has 2 N–H and O–H groups in total. The van der Waals surface area contributed by atoms with E-state index in [-0.39, 0.29) is 12.4 Å². The van der Waals surface area contributed by atoms with Crippen LogP contribution in [0.5, 0.6) is 0 Å². The molecule has 0 aliphatic heterocycles. The van der Waals surface area contributed by atoms with Gasteiger partial charge in [0.1, 0.15) is 0 Å². The first kappa shape index (κ1) is 16.1. The zero-order chi connectivity index (χ0) is 14.3. The van der Waals surface area contributed by atoms with E-state index in [1.54, 1.807) is 24.3 Å². The quantitative estimate of drug-likeness (QED) is 0.685. The van der Waals surface area contributed by atoms with Gasteiger partial charge in [-0.15, -0.1) is 0 Å². The van der Waals surface area contributed by atoms with Crippen LogP contribution in [0.25, 0.3) is 0 Å². The summed E-state index contributed by atoms with van der Waals surface area (Å²) in [5, 5.41) is 8.91. The van der Waals surface area contributed by atoms with Crippen molar-refractivity contribution in [2.24, 2.45) is 0 Å². The van der Waals surface area contributed by atoms with Crippen molar-refractivity contribution in [3.05, 3.63) is 35.4 Å². The number of sulfonamides is 1. The maximum absolute atomic E-state index is 11.8. The highest BCUT2D eigenvalue weighted by Gasteiger charge is 2.10. The molecular weight excluding hydrogens is 264 g/mol. The predicted molar refractivity (Wildman–Crippen MR) is 76.2 cm³/mol. The molecule has 0 heterocycles. The molecule has 0 fully saturated rings. The Morgan fingerprint density at radius 3 is 2.26 bits per heavy atom. The third-order valence-corrected chi connectivity index (χ3v) is 4.02. The Balaban J connectivity index is 2.44. The number of aliphatic hydroxyl groups is 1. The molecule has 0 atom stereocenters. The predicted octanol–water partition coefficient (Wildman–Crippen LogP) is 0.550. The van der Waals surface area contributed by atoms with E-state index in [0.29, 0.717) is 6.54 Å². The molecule has 0 radical (unpaired) electrons. The van der Waals surface area contributed by atoms with Crippen LogP contribution in [0.3, 0.4) is 0 Å². The van der Waals surface area contributed by atoms with E-state index in [1.807, 2.05) is 19.0 Å². The highest BCUT2D eigenvalue weighted by molar-refractivity contribution is 7.88. The number of rotatable bonds is 8. The first-order valence-corrected chi connectivity index (χ1v) is 7.89. The van der Waals surface area contributed by atoms with Crippen molar-refractivity contribution < 1.29 is 13.5 Å². The average Bonchev–Trinajstić information content (AvgIpc) is 2.35. The Morgan fingerprint density at radius 2 is 1.74 bits per heavy atom. The minimum Gasteiger partial charge on any atom is -0.392 e. The molecule has 1 aromatic carbocycles. The molecule has 0 saturated carbocycles. The maximum atomic E-state index is 11.8. The third kappa shape index (κ3) is 6.68. The molecule has 0 aromatic heterocycles. The van der Waals surface area contributed by atoms with Crippen LogP contribution in [-0.2, 0) is 22.4 Å². The van der Waals surface area contributed by atoms with Gasteiger partial charge in [-0.2, -0.15) is 0 Å². The van der Waals surface area contributed by atoms with Gasteiger partial charge in [0, 0.05) is 6.54 Å². The minimum absolute atomic E-state index is 0.0271. The molecule has 108 valence electrons. The highest BCUT2D eigenvalue weighted by Crippen LogP contribution is 2.07. The lowest BCUT2D eigenvalue weighted by atomic mass is 10.2. The fraction of sp³-hybridized carbons (Fsp3) is 0.538. The largest absolute Gasteiger partial charge is 0.392 e. The van der Waals surface area contributed by atoms with E-state index in [2.05, 4.69) is 4.72 Å². The van der Waals surface area contributed by atoms with Crippen LogP contribution in [-0.4, -0.2) is 45.6 Å². The molecule has 5 nitrogen and oxygen atoms in total. The molecular formula is C13H22N2O3S. The van der Waals surface area contributed by atoms with Gasteiger partial charge in [0.2, 0.25) is 10.0 Å². The molecule has 0 unspecified atom stereocenters. The van der Waals surface area contributed by atoms with Gasteiger partial charge in [-0.1, -0.05) is 24.3 Å². The van der Waals surface area contributed by atoms with E-state index in [9.17, 15) is 8.42 Å². The molecule has 1 rings (SSSR count). The molecule has 19 heavy (non-hydrogen) atoms. The average molecular weight is 286 g/mol. The lowest BCUT2D eigenvalue weighted by Crippen LogP contribution is -2.28. The summed E-state index contributed by atoms with van der Waals surface area (Å²) < 4.78 is 26.2. The van der Waals surface area contributed by atoms with E-state index < -0.39 is 10.0 Å². The van der Waals surface area contributed by atoms with Gasteiger partial charge in [0.05, 0.1) is 12.4 Å². The van der Waals surface area contributed by atoms with Crippen molar-refractivity contribution in [2.45, 2.75) is 18.8 Å². The molecule has 0 spiro atoms. The molecule has 1 aromatic rings. The van der Waals surface area contributed by atoms with Gasteiger partial charge in [-0.05, 0) is 38.2 Å². The van der Waals surface area contributed by atoms with Crippen molar-refractivity contribution >= 4 is 10.0 Å². The summed E-state index contributed by atoms with van der Waals surface area (Å²) in [4.78, 5) is 2.02. The van der Waals surface area contributed by atoms with Crippen molar-refractivity contribution in [1.82, 2.24) is 9.62 Å². The monoisotopic (exact) mass is 286 g/mol. The Labute approximate surface area is 115 Å². The van der Waals surface area contributed by atoms with Crippen LogP contribution in [0.1, 0.15) is 17.5 Å². The lowest BCUT2D eigenvalue weighted by Gasteiger charge is -2.10. The van der Waals surface area contributed by atoms with E-state index in [0.717, 1.165) is 24.1 Å². The first-order chi connectivity index (χ1) is 8.93. The van der Waals surface area contributed by atoms with Crippen molar-refractivity contribution in [1.29, 1.82) is 0 Å². The molecule has 0 amide bonds. The molecule has 0 saturated heterocycles. The smallest absolute Gasteiger partial charge is 0.215 e. The maximum Gasteiger partial charge on any atom is 0.215 e. The molecule has 6 heteroatoms. The number of hydrogen-bond donors (Lipinski definition) is 2. The van der Waals surface area contributed by atoms with Crippen molar-refractivity contribution in [3.8, 4) is 0 Å². The minimum atomic E-state index is -3.28. The number of hydrogen-bond acceptors (Lipinski definition) is 4. The highest BCUT2D eigenvalue weighted by atomic mass is 32.2. The zero-order valence-corrected chi connectivity index (χ0v) is 12.3. The summed E-state index contributed by atoms with van der Waals surface area (Å²) in [6.07, 6.45) is 0.787. The van der Waals surface area contributed by atoms with Gasteiger partial charge in [0.15, 0.2) is 0 Å². The molecule has 0 aliphatic rings. The van der Waals surface area contributed by atoms with Crippen LogP contribution in [0.4, 0.5) is 0 Å². The standard InChI is InChI=1S/C13H22N2O3S/c1-15(2)9-3-8-14-19(17,18)11-13-6-4-12(10-16)5-7-13/h4-7,14,16H,3,8-11H2,1-2H3. The summed E-state index contributed by atoms with van der Waals surface area (Å²) in [7, 11) is 0.628. The number of benzene rings is 1. The first-order valence-electron chi connectivity index (χ1n) is 6.24. The van der Waals surface area contributed by atoms with Crippen LogP contribution in [0.15, 0.2) is 24.3 Å². The van der Waals surface area contributed by atoms with Crippen molar-refractivity contribution in [3.63, 3.8) is 0 Å². The SMILES string of the molecule is CN(C)CCCNS(=O)(=O)Cc1ccc(CO)cc1. The normalized spacial score (nSPS) is 12.0. The summed E-state index contributed by atoms with van der Waals surface area (Å²) >= 11 is 0. The van der Waals surface area contributed by atoms with Gasteiger partial charge >= 0.3 is 0 Å². The molecule has 0 bridgehead atoms. The Hall–Kier alpha value is -0.950. The fourth-order valence-corrected chi connectivity index (χ4v) is 2.82. The Bertz CT molecular complexity index is 469. The Morgan fingerprint density at radius 1 is 1.16 bits per heavy atom. The zero-order valence-electron chi connectivity index (χ0n) is 11.5.